The standard InChI is InChI=1S/C10H8ClF3N4O2/c11-8-7(15-3-6-1-2-20-17-6)4-16-18(9(8)19)5-10(12,13)14/h1-2,4,15H,3,5H2. The Kier molecular flexibility index (Phi) is 3.98. The van der Waals surface area contributed by atoms with Gasteiger partial charge in [0.25, 0.3) is 5.56 Å². The summed E-state index contributed by atoms with van der Waals surface area (Å²) in [4.78, 5) is 11.6. The van der Waals surface area contributed by atoms with E-state index in [9.17, 15) is 18.0 Å². The van der Waals surface area contributed by atoms with Crippen molar-refractivity contribution in [2.45, 2.75) is 19.3 Å². The minimum atomic E-state index is -4.55. The maximum atomic E-state index is 12.2. The second-order valence-corrected chi connectivity index (χ2v) is 4.17. The molecule has 10 heteroatoms. The molecule has 2 rings (SSSR count). The molecule has 20 heavy (non-hydrogen) atoms. The highest BCUT2D eigenvalue weighted by Gasteiger charge is 2.29. The molecule has 0 atom stereocenters. The van der Waals surface area contributed by atoms with Gasteiger partial charge < -0.3 is 9.84 Å². The van der Waals surface area contributed by atoms with E-state index in [1.807, 2.05) is 0 Å². The van der Waals surface area contributed by atoms with Crippen molar-refractivity contribution in [3.8, 4) is 0 Å². The fourth-order valence-electron chi connectivity index (χ4n) is 1.39. The number of nitrogens with one attached hydrogen (secondary N) is 1. The molecule has 0 amide bonds. The normalized spacial score (nSPS) is 11.6. The van der Waals surface area contributed by atoms with Crippen molar-refractivity contribution in [1.82, 2.24) is 14.9 Å². The third kappa shape index (κ3) is 3.50. The number of rotatable bonds is 4. The summed E-state index contributed by atoms with van der Waals surface area (Å²) < 4.78 is 41.5. The van der Waals surface area contributed by atoms with Gasteiger partial charge in [-0.3, -0.25) is 4.79 Å². The predicted molar refractivity (Wildman–Crippen MR) is 63.4 cm³/mol. The largest absolute Gasteiger partial charge is 0.408 e. The van der Waals surface area contributed by atoms with Crippen LogP contribution in [0.1, 0.15) is 5.69 Å². The van der Waals surface area contributed by atoms with Crippen LogP contribution in [0, 0.1) is 0 Å². The van der Waals surface area contributed by atoms with Crippen LogP contribution in [0.3, 0.4) is 0 Å². The Bertz CT molecular complexity index is 639. The molecule has 0 spiro atoms. The van der Waals surface area contributed by atoms with Gasteiger partial charge in [0.15, 0.2) is 0 Å². The summed E-state index contributed by atoms with van der Waals surface area (Å²) in [5, 5.41) is 9.40. The zero-order valence-corrected chi connectivity index (χ0v) is 10.6. The molecule has 0 bridgehead atoms. The molecule has 0 saturated carbocycles. The molecule has 2 aromatic rings. The van der Waals surface area contributed by atoms with E-state index in [0.29, 0.717) is 5.69 Å². The molecule has 0 fully saturated rings. The molecule has 0 radical (unpaired) electrons. The number of hydrogen-bond donors (Lipinski definition) is 1. The highest BCUT2D eigenvalue weighted by molar-refractivity contribution is 6.32. The Hall–Kier alpha value is -2.03. The summed E-state index contributed by atoms with van der Waals surface area (Å²) in [7, 11) is 0. The molecular formula is C10H8ClF3N4O2. The van der Waals surface area contributed by atoms with Crippen LogP contribution in [-0.2, 0) is 13.1 Å². The Labute approximate surface area is 115 Å². The van der Waals surface area contributed by atoms with Gasteiger partial charge in [0.1, 0.15) is 23.5 Å². The van der Waals surface area contributed by atoms with E-state index in [-0.39, 0.29) is 21.9 Å². The van der Waals surface area contributed by atoms with Gasteiger partial charge in [0.2, 0.25) is 0 Å². The Morgan fingerprint density at radius 2 is 2.20 bits per heavy atom. The topological polar surface area (TPSA) is 73.0 Å². The van der Waals surface area contributed by atoms with Crippen LogP contribution >= 0.6 is 11.6 Å². The second-order valence-electron chi connectivity index (χ2n) is 3.79. The lowest BCUT2D eigenvalue weighted by Gasteiger charge is -2.11. The van der Waals surface area contributed by atoms with Gasteiger partial charge in [-0.1, -0.05) is 16.8 Å². The van der Waals surface area contributed by atoms with Gasteiger partial charge in [-0.05, 0) is 0 Å². The molecule has 6 nitrogen and oxygen atoms in total. The maximum absolute atomic E-state index is 12.2. The van der Waals surface area contributed by atoms with E-state index in [0.717, 1.165) is 6.20 Å². The first-order valence-electron chi connectivity index (χ1n) is 5.32. The average Bonchev–Trinajstić information content (AvgIpc) is 2.86. The summed E-state index contributed by atoms with van der Waals surface area (Å²) in [6.45, 7) is -1.30. The number of hydrogen-bond acceptors (Lipinski definition) is 5. The monoisotopic (exact) mass is 308 g/mol. The SMILES string of the molecule is O=c1c(Cl)c(NCc2ccon2)cnn1CC(F)(F)F. The van der Waals surface area contributed by atoms with Crippen LogP contribution in [-0.4, -0.2) is 21.1 Å². The Morgan fingerprint density at radius 3 is 2.80 bits per heavy atom. The molecule has 0 aliphatic heterocycles. The molecule has 0 unspecified atom stereocenters. The van der Waals surface area contributed by atoms with Gasteiger partial charge in [-0.2, -0.15) is 18.3 Å². The van der Waals surface area contributed by atoms with Crippen LogP contribution in [0.5, 0.6) is 0 Å². The van der Waals surface area contributed by atoms with E-state index in [2.05, 4.69) is 20.1 Å². The Balaban J connectivity index is 2.16. The molecule has 2 heterocycles. The summed E-state index contributed by atoms with van der Waals surface area (Å²) in [6.07, 6.45) is -2.14. The molecule has 0 saturated heterocycles. The van der Waals surface area contributed by atoms with Crippen LogP contribution < -0.4 is 10.9 Å². The van der Waals surface area contributed by atoms with Crippen molar-refractivity contribution >= 4 is 17.3 Å². The molecule has 0 aliphatic rings. The molecule has 2 aromatic heterocycles. The minimum absolute atomic E-state index is 0.123. The first-order valence-corrected chi connectivity index (χ1v) is 5.70. The quantitative estimate of drug-likeness (QED) is 0.936. The van der Waals surface area contributed by atoms with Crippen LogP contribution in [0.4, 0.5) is 18.9 Å². The zero-order chi connectivity index (χ0) is 14.8. The number of alkyl halides is 3. The van der Waals surface area contributed by atoms with E-state index in [1.54, 1.807) is 6.07 Å². The fourth-order valence-corrected chi connectivity index (χ4v) is 1.60. The minimum Gasteiger partial charge on any atom is -0.377 e. The lowest BCUT2D eigenvalue weighted by atomic mass is 10.4. The fraction of sp³-hybridized carbons (Fsp3) is 0.300. The second kappa shape index (κ2) is 5.53. The smallest absolute Gasteiger partial charge is 0.377 e. The number of anilines is 1. The summed E-state index contributed by atoms with van der Waals surface area (Å²) in [6, 6.07) is 1.58. The zero-order valence-electron chi connectivity index (χ0n) is 9.82. The summed E-state index contributed by atoms with van der Waals surface area (Å²) >= 11 is 5.72. The van der Waals surface area contributed by atoms with E-state index in [4.69, 9.17) is 11.6 Å². The van der Waals surface area contributed by atoms with Crippen molar-refractivity contribution < 1.29 is 17.7 Å². The van der Waals surface area contributed by atoms with Crippen molar-refractivity contribution in [1.29, 1.82) is 0 Å². The maximum Gasteiger partial charge on any atom is 0.408 e. The van der Waals surface area contributed by atoms with Gasteiger partial charge in [-0.25, -0.2) is 4.68 Å². The lowest BCUT2D eigenvalue weighted by Crippen LogP contribution is -2.30. The third-order valence-corrected chi connectivity index (χ3v) is 2.63. The van der Waals surface area contributed by atoms with Gasteiger partial charge in [0, 0.05) is 6.07 Å². The van der Waals surface area contributed by atoms with Gasteiger partial charge >= 0.3 is 6.18 Å². The number of aromatic nitrogens is 3. The highest BCUT2D eigenvalue weighted by atomic mass is 35.5. The van der Waals surface area contributed by atoms with E-state index < -0.39 is 18.3 Å². The van der Waals surface area contributed by atoms with Crippen molar-refractivity contribution in [3.05, 3.63) is 39.6 Å². The highest BCUT2D eigenvalue weighted by Crippen LogP contribution is 2.19. The predicted octanol–water partition coefficient (Wildman–Crippen LogP) is 2.06. The third-order valence-electron chi connectivity index (χ3n) is 2.27. The van der Waals surface area contributed by atoms with Crippen LogP contribution in [0.25, 0.3) is 0 Å². The molecule has 0 aromatic carbocycles. The summed E-state index contributed by atoms with van der Waals surface area (Å²) in [5.41, 5.74) is -0.354. The van der Waals surface area contributed by atoms with Crippen LogP contribution in [0.2, 0.25) is 5.02 Å². The first-order chi connectivity index (χ1) is 9.37. The first kappa shape index (κ1) is 14.4. The van der Waals surface area contributed by atoms with Crippen molar-refractivity contribution in [2.24, 2.45) is 0 Å². The molecule has 108 valence electrons. The van der Waals surface area contributed by atoms with Crippen molar-refractivity contribution in [2.75, 3.05) is 5.32 Å². The average molecular weight is 309 g/mol. The number of nitrogens with zero attached hydrogens (tertiary/aromatic N) is 3. The summed E-state index contributed by atoms with van der Waals surface area (Å²) in [5.74, 6) is 0. The molecular weight excluding hydrogens is 301 g/mol. The number of halogens is 4. The molecule has 0 aliphatic carbocycles. The van der Waals surface area contributed by atoms with E-state index >= 15 is 0 Å². The molecule has 1 N–H and O–H groups in total. The van der Waals surface area contributed by atoms with Crippen LogP contribution in [0.15, 0.2) is 27.8 Å². The van der Waals surface area contributed by atoms with Gasteiger partial charge in [0.05, 0.1) is 18.4 Å². The Morgan fingerprint density at radius 1 is 1.45 bits per heavy atom. The van der Waals surface area contributed by atoms with Crippen molar-refractivity contribution in [3.63, 3.8) is 0 Å². The van der Waals surface area contributed by atoms with Gasteiger partial charge in [-0.15, -0.1) is 0 Å². The van der Waals surface area contributed by atoms with E-state index in [1.165, 1.54) is 6.26 Å². The lowest BCUT2D eigenvalue weighted by molar-refractivity contribution is -0.143.